The van der Waals surface area contributed by atoms with Crippen molar-refractivity contribution in [2.75, 3.05) is 12.3 Å². The quantitative estimate of drug-likeness (QED) is 0.894. The van der Waals surface area contributed by atoms with Gasteiger partial charge in [-0.3, -0.25) is 0 Å². The third-order valence-corrected chi connectivity index (χ3v) is 2.32. The molecule has 0 unspecified atom stereocenters. The Morgan fingerprint density at radius 1 is 1.32 bits per heavy atom. The molecule has 6 heteroatoms. The minimum atomic E-state index is 0.0958. The Kier molecular flexibility index (Phi) is 3.88. The van der Waals surface area contributed by atoms with Crippen LogP contribution < -0.4 is 10.5 Å². The summed E-state index contributed by atoms with van der Waals surface area (Å²) in [6.07, 6.45) is 0.852. The highest BCUT2D eigenvalue weighted by Gasteiger charge is 2.08. The highest BCUT2D eigenvalue weighted by atomic mass is 16.5. The molecule has 0 aliphatic heterocycles. The summed E-state index contributed by atoms with van der Waals surface area (Å²) in [5.74, 6) is 0.495. The topological polar surface area (TPSA) is 97.7 Å². The Morgan fingerprint density at radius 3 is 2.89 bits per heavy atom. The zero-order chi connectivity index (χ0) is 13.7. The summed E-state index contributed by atoms with van der Waals surface area (Å²) in [4.78, 5) is 12.1. The third-order valence-electron chi connectivity index (χ3n) is 2.32. The maximum absolute atomic E-state index is 8.88. The van der Waals surface area contributed by atoms with Gasteiger partial charge in [0.15, 0.2) is 5.82 Å². The third kappa shape index (κ3) is 3.16. The number of nitriles is 1. The van der Waals surface area contributed by atoms with Gasteiger partial charge in [0.25, 0.3) is 0 Å². The fraction of sp³-hybridized carbons (Fsp3) is 0.231. The molecule has 0 saturated carbocycles. The first kappa shape index (κ1) is 12.8. The number of nitrogens with zero attached hydrogens (tertiary/aromatic N) is 4. The molecule has 2 aromatic rings. The lowest BCUT2D eigenvalue weighted by Gasteiger charge is -2.06. The average molecular weight is 255 g/mol. The van der Waals surface area contributed by atoms with Gasteiger partial charge >= 0.3 is 6.01 Å². The van der Waals surface area contributed by atoms with Crippen LogP contribution in [0, 0.1) is 11.3 Å². The fourth-order valence-corrected chi connectivity index (χ4v) is 1.49. The first-order valence-electron chi connectivity index (χ1n) is 5.88. The smallest absolute Gasteiger partial charge is 0.321 e. The molecule has 2 rings (SSSR count). The molecule has 2 N–H and O–H groups in total. The summed E-state index contributed by atoms with van der Waals surface area (Å²) in [6, 6.07) is 9.24. The molecule has 0 aliphatic carbocycles. The molecule has 19 heavy (non-hydrogen) atoms. The van der Waals surface area contributed by atoms with E-state index in [0.29, 0.717) is 23.6 Å². The van der Waals surface area contributed by atoms with E-state index in [4.69, 9.17) is 15.7 Å². The van der Waals surface area contributed by atoms with Gasteiger partial charge in [0, 0.05) is 5.56 Å². The molecule has 0 bridgehead atoms. The standard InChI is InChI=1S/C13H13N5O/c1-2-6-19-13-17-11(16-12(15)18-13)10-5-3-4-9(7-10)8-14/h3-5,7H,2,6H2,1H3,(H2,15,16,17,18). The van der Waals surface area contributed by atoms with E-state index < -0.39 is 0 Å². The molecule has 0 spiro atoms. The van der Waals surface area contributed by atoms with E-state index >= 15 is 0 Å². The molecule has 0 radical (unpaired) electrons. The maximum Gasteiger partial charge on any atom is 0.321 e. The number of nitrogen functional groups attached to an aromatic ring is 1. The second-order valence-electron chi connectivity index (χ2n) is 3.84. The summed E-state index contributed by atoms with van der Waals surface area (Å²) < 4.78 is 5.35. The van der Waals surface area contributed by atoms with Gasteiger partial charge in [0.05, 0.1) is 18.2 Å². The molecule has 0 atom stereocenters. The van der Waals surface area contributed by atoms with E-state index in [1.54, 1.807) is 24.3 Å². The van der Waals surface area contributed by atoms with Crippen molar-refractivity contribution < 1.29 is 4.74 Å². The van der Waals surface area contributed by atoms with E-state index in [1.165, 1.54) is 0 Å². The SMILES string of the molecule is CCCOc1nc(N)nc(-c2cccc(C#N)c2)n1. The van der Waals surface area contributed by atoms with Crippen LogP contribution in [0.5, 0.6) is 6.01 Å². The number of anilines is 1. The first-order valence-corrected chi connectivity index (χ1v) is 5.88. The van der Waals surface area contributed by atoms with E-state index in [0.717, 1.165) is 6.42 Å². The van der Waals surface area contributed by atoms with Crippen LogP contribution in [0.3, 0.4) is 0 Å². The van der Waals surface area contributed by atoms with Crippen LogP contribution in [0.25, 0.3) is 11.4 Å². The number of rotatable bonds is 4. The van der Waals surface area contributed by atoms with Crippen LogP contribution in [-0.2, 0) is 0 Å². The van der Waals surface area contributed by atoms with Crippen LogP contribution in [0.2, 0.25) is 0 Å². The predicted octanol–water partition coefficient (Wildman–Crippen LogP) is 1.78. The summed E-state index contributed by atoms with van der Waals surface area (Å²) in [5.41, 5.74) is 6.87. The zero-order valence-corrected chi connectivity index (χ0v) is 10.5. The van der Waals surface area contributed by atoms with Gasteiger partial charge in [-0.25, -0.2) is 0 Å². The zero-order valence-electron chi connectivity index (χ0n) is 10.5. The second kappa shape index (κ2) is 5.78. The minimum Gasteiger partial charge on any atom is -0.463 e. The number of benzene rings is 1. The largest absolute Gasteiger partial charge is 0.463 e. The molecule has 0 amide bonds. The van der Waals surface area contributed by atoms with Crippen LogP contribution in [0.4, 0.5) is 5.95 Å². The lowest BCUT2D eigenvalue weighted by atomic mass is 10.1. The first-order chi connectivity index (χ1) is 9.22. The fourth-order valence-electron chi connectivity index (χ4n) is 1.49. The number of ether oxygens (including phenoxy) is 1. The van der Waals surface area contributed by atoms with Crippen molar-refractivity contribution in [2.45, 2.75) is 13.3 Å². The van der Waals surface area contributed by atoms with Crippen molar-refractivity contribution in [1.29, 1.82) is 5.26 Å². The normalized spacial score (nSPS) is 9.89. The molecule has 96 valence electrons. The second-order valence-corrected chi connectivity index (χ2v) is 3.84. The number of hydrogen-bond acceptors (Lipinski definition) is 6. The van der Waals surface area contributed by atoms with Crippen molar-refractivity contribution in [3.8, 4) is 23.5 Å². The van der Waals surface area contributed by atoms with Gasteiger partial charge in [-0.15, -0.1) is 0 Å². The van der Waals surface area contributed by atoms with E-state index in [-0.39, 0.29) is 12.0 Å². The molecular formula is C13H13N5O. The van der Waals surface area contributed by atoms with Crippen LogP contribution >= 0.6 is 0 Å². The maximum atomic E-state index is 8.88. The Labute approximate surface area is 110 Å². The van der Waals surface area contributed by atoms with E-state index in [1.807, 2.05) is 6.92 Å². The monoisotopic (exact) mass is 255 g/mol. The van der Waals surface area contributed by atoms with Gasteiger partial charge in [-0.1, -0.05) is 19.1 Å². The van der Waals surface area contributed by atoms with E-state index in [9.17, 15) is 0 Å². The van der Waals surface area contributed by atoms with Crippen molar-refractivity contribution in [2.24, 2.45) is 0 Å². The van der Waals surface area contributed by atoms with Crippen molar-refractivity contribution in [1.82, 2.24) is 15.0 Å². The highest BCUT2D eigenvalue weighted by Crippen LogP contribution is 2.19. The Hall–Kier alpha value is -2.68. The Morgan fingerprint density at radius 2 is 2.16 bits per heavy atom. The number of nitrogens with two attached hydrogens (primary N) is 1. The molecule has 0 saturated heterocycles. The van der Waals surface area contributed by atoms with Crippen LogP contribution in [0.1, 0.15) is 18.9 Å². The van der Waals surface area contributed by atoms with E-state index in [2.05, 4.69) is 21.0 Å². The number of hydrogen-bond donors (Lipinski definition) is 1. The minimum absolute atomic E-state index is 0.0958. The summed E-state index contributed by atoms with van der Waals surface area (Å²) in [5, 5.41) is 8.88. The van der Waals surface area contributed by atoms with Gasteiger partial charge in [-0.05, 0) is 18.6 Å². The molecule has 6 nitrogen and oxygen atoms in total. The van der Waals surface area contributed by atoms with Gasteiger partial charge in [-0.2, -0.15) is 20.2 Å². The van der Waals surface area contributed by atoms with Crippen molar-refractivity contribution >= 4 is 5.95 Å². The van der Waals surface area contributed by atoms with Crippen LogP contribution in [0.15, 0.2) is 24.3 Å². The van der Waals surface area contributed by atoms with Gasteiger partial charge < -0.3 is 10.5 Å². The molecular weight excluding hydrogens is 242 g/mol. The molecule has 0 fully saturated rings. The van der Waals surface area contributed by atoms with Crippen molar-refractivity contribution in [3.05, 3.63) is 29.8 Å². The summed E-state index contributed by atoms with van der Waals surface area (Å²) in [7, 11) is 0. The molecule has 1 heterocycles. The van der Waals surface area contributed by atoms with Gasteiger partial charge in [0.1, 0.15) is 0 Å². The lowest BCUT2D eigenvalue weighted by Crippen LogP contribution is -2.05. The Bertz CT molecular complexity index is 621. The van der Waals surface area contributed by atoms with Crippen LogP contribution in [-0.4, -0.2) is 21.6 Å². The highest BCUT2D eigenvalue weighted by molar-refractivity contribution is 5.58. The summed E-state index contributed by atoms with van der Waals surface area (Å²) in [6.45, 7) is 2.50. The predicted molar refractivity (Wildman–Crippen MR) is 70.2 cm³/mol. The number of aromatic nitrogens is 3. The Balaban J connectivity index is 2.38. The summed E-state index contributed by atoms with van der Waals surface area (Å²) >= 11 is 0. The average Bonchev–Trinajstić information content (AvgIpc) is 2.44. The van der Waals surface area contributed by atoms with Crippen molar-refractivity contribution in [3.63, 3.8) is 0 Å². The molecule has 0 aliphatic rings. The lowest BCUT2D eigenvalue weighted by molar-refractivity contribution is 0.292. The molecule has 1 aromatic carbocycles. The van der Waals surface area contributed by atoms with Gasteiger partial charge in [0.2, 0.25) is 5.95 Å². The molecule has 1 aromatic heterocycles.